The smallest absolute Gasteiger partial charge is 0.238 e. The fraction of sp³-hybridized carbons (Fsp3) is 0.188. The van der Waals surface area contributed by atoms with Crippen molar-refractivity contribution in [2.24, 2.45) is 5.14 Å². The molecule has 6 nitrogen and oxygen atoms in total. The van der Waals surface area contributed by atoms with Gasteiger partial charge in [-0.25, -0.2) is 22.3 Å². The van der Waals surface area contributed by atoms with E-state index in [1.165, 1.54) is 12.1 Å². The zero-order chi connectivity index (χ0) is 18.4. The van der Waals surface area contributed by atoms with E-state index in [0.717, 1.165) is 18.2 Å². The highest BCUT2D eigenvalue weighted by Gasteiger charge is 2.38. The SMILES string of the molecule is N#Cc1cc(F)cc(Oc2ccc(S(N)(=O)=O)c3c2CC(F)C3O)c1. The van der Waals surface area contributed by atoms with E-state index in [1.54, 1.807) is 6.07 Å². The van der Waals surface area contributed by atoms with Crippen LogP contribution in [0.15, 0.2) is 35.2 Å². The van der Waals surface area contributed by atoms with Crippen molar-refractivity contribution in [3.63, 3.8) is 0 Å². The summed E-state index contributed by atoms with van der Waals surface area (Å²) in [6, 6.07) is 7.44. The molecule has 3 rings (SSSR count). The first kappa shape index (κ1) is 17.3. The molecule has 2 unspecified atom stereocenters. The molecule has 0 bridgehead atoms. The summed E-state index contributed by atoms with van der Waals surface area (Å²) < 4.78 is 56.3. The molecule has 130 valence electrons. The predicted molar refractivity (Wildman–Crippen MR) is 82.6 cm³/mol. The summed E-state index contributed by atoms with van der Waals surface area (Å²) in [6.07, 6.45) is -3.66. The van der Waals surface area contributed by atoms with Gasteiger partial charge in [0.25, 0.3) is 0 Å². The topological polar surface area (TPSA) is 113 Å². The van der Waals surface area contributed by atoms with E-state index in [0.29, 0.717) is 0 Å². The minimum atomic E-state index is -4.18. The highest BCUT2D eigenvalue weighted by atomic mass is 32.2. The normalized spacial score (nSPS) is 19.3. The largest absolute Gasteiger partial charge is 0.457 e. The second-order valence-electron chi connectivity index (χ2n) is 5.55. The summed E-state index contributed by atoms with van der Waals surface area (Å²) in [5.41, 5.74) is -0.00471. The lowest BCUT2D eigenvalue weighted by Crippen LogP contribution is -2.17. The quantitative estimate of drug-likeness (QED) is 0.863. The second kappa shape index (κ2) is 6.07. The number of fused-ring (bicyclic) bond motifs is 1. The van der Waals surface area contributed by atoms with Crippen molar-refractivity contribution in [3.8, 4) is 17.6 Å². The number of rotatable bonds is 3. The molecule has 0 amide bonds. The van der Waals surface area contributed by atoms with Crippen LogP contribution in [-0.4, -0.2) is 19.7 Å². The van der Waals surface area contributed by atoms with Gasteiger partial charge >= 0.3 is 0 Å². The number of nitrogens with zero attached hydrogens (tertiary/aromatic N) is 1. The van der Waals surface area contributed by atoms with Crippen LogP contribution in [0.5, 0.6) is 11.5 Å². The van der Waals surface area contributed by atoms with Crippen molar-refractivity contribution in [2.75, 3.05) is 0 Å². The fourth-order valence-corrected chi connectivity index (χ4v) is 3.61. The molecule has 0 saturated carbocycles. The van der Waals surface area contributed by atoms with Gasteiger partial charge in [0, 0.05) is 23.6 Å². The maximum absolute atomic E-state index is 13.9. The maximum atomic E-state index is 13.9. The van der Waals surface area contributed by atoms with E-state index < -0.39 is 28.1 Å². The molecule has 0 aliphatic heterocycles. The van der Waals surface area contributed by atoms with Gasteiger partial charge in [-0.2, -0.15) is 5.26 Å². The highest BCUT2D eigenvalue weighted by Crippen LogP contribution is 2.43. The standard InChI is InChI=1S/C16H12F2N2O4S/c17-9-3-8(7-19)4-10(5-9)24-13-1-2-14(25(20,22)23)15-11(13)6-12(18)16(15)21/h1-5,12,16,21H,6H2,(H2,20,22,23). The molecule has 2 aromatic rings. The number of sulfonamides is 1. The number of aliphatic hydroxyl groups excluding tert-OH is 1. The number of hydrogen-bond acceptors (Lipinski definition) is 5. The van der Waals surface area contributed by atoms with Crippen LogP contribution in [0.3, 0.4) is 0 Å². The third-order valence-electron chi connectivity index (χ3n) is 3.85. The Morgan fingerprint density at radius 2 is 2.04 bits per heavy atom. The number of alkyl halides is 1. The number of nitrogens with two attached hydrogens (primary N) is 1. The first-order valence-electron chi connectivity index (χ1n) is 7.10. The van der Waals surface area contributed by atoms with Gasteiger partial charge in [-0.15, -0.1) is 0 Å². The maximum Gasteiger partial charge on any atom is 0.238 e. The number of primary sulfonamides is 1. The van der Waals surface area contributed by atoms with Gasteiger partial charge in [-0.1, -0.05) is 0 Å². The number of nitriles is 1. The molecule has 0 saturated heterocycles. The molecule has 25 heavy (non-hydrogen) atoms. The van der Waals surface area contributed by atoms with Crippen molar-refractivity contribution in [1.29, 1.82) is 5.26 Å². The molecule has 9 heteroatoms. The number of aliphatic hydroxyl groups is 1. The monoisotopic (exact) mass is 366 g/mol. The highest BCUT2D eigenvalue weighted by molar-refractivity contribution is 7.89. The van der Waals surface area contributed by atoms with E-state index in [2.05, 4.69) is 0 Å². The van der Waals surface area contributed by atoms with Crippen LogP contribution in [0.25, 0.3) is 0 Å². The first-order valence-corrected chi connectivity index (χ1v) is 8.64. The molecule has 3 N–H and O–H groups in total. The van der Waals surface area contributed by atoms with E-state index in [1.807, 2.05) is 0 Å². The van der Waals surface area contributed by atoms with Crippen LogP contribution in [0.2, 0.25) is 0 Å². The van der Waals surface area contributed by atoms with Crippen molar-refractivity contribution in [1.82, 2.24) is 0 Å². The Balaban J connectivity index is 2.11. The van der Waals surface area contributed by atoms with Gasteiger partial charge in [0.1, 0.15) is 29.6 Å². The summed E-state index contributed by atoms with van der Waals surface area (Å²) in [5.74, 6) is -0.662. The van der Waals surface area contributed by atoms with Crippen LogP contribution in [0.1, 0.15) is 22.8 Å². The minimum absolute atomic E-state index is 0.0149. The minimum Gasteiger partial charge on any atom is -0.457 e. The third-order valence-corrected chi connectivity index (χ3v) is 4.82. The average Bonchev–Trinajstić information content (AvgIpc) is 2.82. The Labute approximate surface area is 142 Å². The summed E-state index contributed by atoms with van der Waals surface area (Å²) >= 11 is 0. The summed E-state index contributed by atoms with van der Waals surface area (Å²) in [7, 11) is -4.18. The number of halogens is 2. The molecule has 1 aliphatic carbocycles. The zero-order valence-corrected chi connectivity index (χ0v) is 13.4. The zero-order valence-electron chi connectivity index (χ0n) is 12.6. The van der Waals surface area contributed by atoms with Gasteiger partial charge in [0.15, 0.2) is 0 Å². The molecule has 1 aliphatic rings. The van der Waals surface area contributed by atoms with Crippen LogP contribution in [0, 0.1) is 17.1 Å². The van der Waals surface area contributed by atoms with Crippen LogP contribution < -0.4 is 9.88 Å². The lowest BCUT2D eigenvalue weighted by Gasteiger charge is -2.14. The summed E-state index contributed by atoms with van der Waals surface area (Å²) in [6.45, 7) is 0. The molecule has 0 radical (unpaired) electrons. The van der Waals surface area contributed by atoms with Crippen LogP contribution >= 0.6 is 0 Å². The Morgan fingerprint density at radius 1 is 1.32 bits per heavy atom. The van der Waals surface area contributed by atoms with Crippen molar-refractivity contribution >= 4 is 10.0 Å². The average molecular weight is 366 g/mol. The Hall–Kier alpha value is -2.54. The summed E-state index contributed by atoms with van der Waals surface area (Å²) in [5, 5.41) is 23.9. The van der Waals surface area contributed by atoms with Gasteiger partial charge in [0.05, 0.1) is 16.5 Å². The van der Waals surface area contributed by atoms with E-state index in [4.69, 9.17) is 15.1 Å². The van der Waals surface area contributed by atoms with Gasteiger partial charge in [-0.05, 0) is 24.3 Å². The molecular formula is C16H12F2N2O4S. The summed E-state index contributed by atoms with van der Waals surface area (Å²) in [4.78, 5) is -0.389. The number of hydrogen-bond donors (Lipinski definition) is 2. The lowest BCUT2D eigenvalue weighted by molar-refractivity contribution is 0.0907. The van der Waals surface area contributed by atoms with Crippen molar-refractivity contribution in [3.05, 3.63) is 52.8 Å². The van der Waals surface area contributed by atoms with Crippen LogP contribution in [0.4, 0.5) is 8.78 Å². The van der Waals surface area contributed by atoms with Gasteiger partial charge in [-0.3, -0.25) is 0 Å². The number of ether oxygens (including phenoxy) is 1. The Bertz CT molecular complexity index is 1000. The first-order chi connectivity index (χ1) is 11.7. The van der Waals surface area contributed by atoms with E-state index in [-0.39, 0.29) is 39.5 Å². The molecule has 0 aromatic heterocycles. The third kappa shape index (κ3) is 3.19. The van der Waals surface area contributed by atoms with Gasteiger partial charge < -0.3 is 9.84 Å². The van der Waals surface area contributed by atoms with Crippen LogP contribution in [-0.2, 0) is 16.4 Å². The molecule has 0 heterocycles. The Kier molecular flexibility index (Phi) is 4.20. The van der Waals surface area contributed by atoms with Crippen molar-refractivity contribution < 1.29 is 27.0 Å². The lowest BCUT2D eigenvalue weighted by atomic mass is 10.1. The second-order valence-corrected chi connectivity index (χ2v) is 7.08. The predicted octanol–water partition coefficient (Wildman–Crippen LogP) is 2.06. The van der Waals surface area contributed by atoms with E-state index >= 15 is 0 Å². The Morgan fingerprint density at radius 3 is 2.68 bits per heavy atom. The number of benzene rings is 2. The molecule has 0 fully saturated rings. The van der Waals surface area contributed by atoms with Crippen molar-refractivity contribution in [2.45, 2.75) is 23.6 Å². The van der Waals surface area contributed by atoms with E-state index in [9.17, 15) is 22.3 Å². The molecule has 2 aromatic carbocycles. The molecular weight excluding hydrogens is 354 g/mol. The fourth-order valence-electron chi connectivity index (χ4n) is 2.80. The molecule has 2 atom stereocenters. The molecule has 0 spiro atoms. The van der Waals surface area contributed by atoms with Gasteiger partial charge in [0.2, 0.25) is 10.0 Å².